The molecular weight excluding hydrogens is 272 g/mol. The Bertz CT molecular complexity index is 663. The number of thioether (sulfide) groups is 1. The minimum Gasteiger partial charge on any atom is -0.336 e. The summed E-state index contributed by atoms with van der Waals surface area (Å²) in [5, 5.41) is 8.35. The Labute approximate surface area is 122 Å². The van der Waals surface area contributed by atoms with Gasteiger partial charge in [-0.2, -0.15) is 0 Å². The minimum atomic E-state index is 0.0799. The minimum absolute atomic E-state index is 0.0799. The maximum atomic E-state index is 12.3. The fraction of sp³-hybridized carbons (Fsp3) is 0.357. The zero-order chi connectivity index (χ0) is 14.9. The number of carbonyl (C=O) groups is 1. The summed E-state index contributed by atoms with van der Waals surface area (Å²) in [5.74, 6) is 6.77. The fourth-order valence-electron chi connectivity index (χ4n) is 1.92. The summed E-state index contributed by atoms with van der Waals surface area (Å²) in [6, 6.07) is 3.99. The van der Waals surface area contributed by atoms with Gasteiger partial charge in [-0.15, -0.1) is 10.2 Å². The highest BCUT2D eigenvalue weighted by Crippen LogP contribution is 2.20. The van der Waals surface area contributed by atoms with Crippen molar-refractivity contribution in [1.82, 2.24) is 14.9 Å². The molecule has 2 N–H and O–H groups in total. The van der Waals surface area contributed by atoms with Crippen LogP contribution in [0.15, 0.2) is 17.3 Å². The molecule has 0 saturated carbocycles. The van der Waals surface area contributed by atoms with Crippen molar-refractivity contribution in [2.45, 2.75) is 32.9 Å². The molecular formula is C14H18N4OS. The SMILES string of the molecule is Cc1cc(C)c(C(=O)CSc2nnc(C)n2N)cc1C. The number of rotatable bonds is 4. The molecule has 0 bridgehead atoms. The van der Waals surface area contributed by atoms with E-state index >= 15 is 0 Å². The van der Waals surface area contributed by atoms with Crippen molar-refractivity contribution in [2.24, 2.45) is 0 Å². The number of carbonyl (C=O) groups excluding carboxylic acids is 1. The number of aromatic nitrogens is 3. The van der Waals surface area contributed by atoms with Crippen molar-refractivity contribution in [2.75, 3.05) is 11.6 Å². The number of ketones is 1. The zero-order valence-corrected chi connectivity index (χ0v) is 12.9. The third-order valence-corrected chi connectivity index (χ3v) is 4.25. The van der Waals surface area contributed by atoms with Gasteiger partial charge in [0.25, 0.3) is 0 Å². The molecule has 0 fully saturated rings. The van der Waals surface area contributed by atoms with E-state index in [1.165, 1.54) is 22.0 Å². The van der Waals surface area contributed by atoms with Gasteiger partial charge in [0.1, 0.15) is 5.82 Å². The summed E-state index contributed by atoms with van der Waals surface area (Å²) in [6.45, 7) is 7.79. The van der Waals surface area contributed by atoms with Crippen LogP contribution < -0.4 is 5.84 Å². The summed E-state index contributed by atoms with van der Waals surface area (Å²) in [5.41, 5.74) is 4.09. The first kappa shape index (κ1) is 14.6. The molecule has 0 spiro atoms. The van der Waals surface area contributed by atoms with Crippen LogP contribution in [-0.2, 0) is 0 Å². The number of nitrogens with two attached hydrogens (primary N) is 1. The first-order chi connectivity index (χ1) is 9.40. The Morgan fingerprint density at radius 3 is 2.40 bits per heavy atom. The largest absolute Gasteiger partial charge is 0.336 e. The van der Waals surface area contributed by atoms with Crippen molar-refractivity contribution < 1.29 is 4.79 Å². The highest BCUT2D eigenvalue weighted by Gasteiger charge is 2.14. The molecule has 5 nitrogen and oxygen atoms in total. The maximum Gasteiger partial charge on any atom is 0.210 e. The van der Waals surface area contributed by atoms with Crippen LogP contribution in [0.25, 0.3) is 0 Å². The summed E-state index contributed by atoms with van der Waals surface area (Å²) < 4.78 is 1.39. The summed E-state index contributed by atoms with van der Waals surface area (Å²) >= 11 is 1.30. The van der Waals surface area contributed by atoms with Crippen LogP contribution in [0.3, 0.4) is 0 Å². The molecule has 106 valence electrons. The van der Waals surface area contributed by atoms with E-state index in [2.05, 4.69) is 10.2 Å². The summed E-state index contributed by atoms with van der Waals surface area (Å²) in [4.78, 5) is 12.3. The van der Waals surface area contributed by atoms with Crippen molar-refractivity contribution in [1.29, 1.82) is 0 Å². The summed E-state index contributed by atoms with van der Waals surface area (Å²) in [7, 11) is 0. The van der Waals surface area contributed by atoms with Gasteiger partial charge in [0, 0.05) is 5.56 Å². The first-order valence-electron chi connectivity index (χ1n) is 6.31. The molecule has 0 amide bonds. The summed E-state index contributed by atoms with van der Waals surface area (Å²) in [6.07, 6.45) is 0. The molecule has 2 rings (SSSR count). The van der Waals surface area contributed by atoms with E-state index in [0.29, 0.717) is 16.7 Å². The molecule has 20 heavy (non-hydrogen) atoms. The molecule has 1 heterocycles. The molecule has 0 atom stereocenters. The second kappa shape index (κ2) is 5.66. The average Bonchev–Trinajstić information content (AvgIpc) is 2.71. The molecule has 0 saturated heterocycles. The molecule has 0 aliphatic rings. The van der Waals surface area contributed by atoms with Gasteiger partial charge in [0.15, 0.2) is 5.78 Å². The second-order valence-electron chi connectivity index (χ2n) is 4.86. The Morgan fingerprint density at radius 1 is 1.15 bits per heavy atom. The van der Waals surface area contributed by atoms with Crippen LogP contribution in [0, 0.1) is 27.7 Å². The maximum absolute atomic E-state index is 12.3. The number of hydrogen-bond acceptors (Lipinski definition) is 5. The van der Waals surface area contributed by atoms with Crippen molar-refractivity contribution in [3.63, 3.8) is 0 Å². The standard InChI is InChI=1S/C14H18N4OS/c1-8-5-10(3)12(6-9(8)2)13(19)7-20-14-17-16-11(4)18(14)15/h5-6H,7,15H2,1-4H3. The van der Waals surface area contributed by atoms with E-state index in [1.54, 1.807) is 6.92 Å². The molecule has 2 aromatic rings. The third kappa shape index (κ3) is 2.85. The molecule has 0 aliphatic carbocycles. The molecule has 1 aromatic heterocycles. The first-order valence-corrected chi connectivity index (χ1v) is 7.29. The van der Waals surface area contributed by atoms with Gasteiger partial charge in [0.2, 0.25) is 5.16 Å². The molecule has 1 aromatic carbocycles. The zero-order valence-electron chi connectivity index (χ0n) is 12.1. The quantitative estimate of drug-likeness (QED) is 0.531. The van der Waals surface area contributed by atoms with Gasteiger partial charge in [-0.05, 0) is 50.5 Å². The number of hydrogen-bond donors (Lipinski definition) is 1. The van der Waals surface area contributed by atoms with Gasteiger partial charge in [0.05, 0.1) is 5.75 Å². The number of aryl methyl sites for hydroxylation is 4. The molecule has 0 unspecified atom stereocenters. The van der Waals surface area contributed by atoms with E-state index in [9.17, 15) is 4.79 Å². The van der Waals surface area contributed by atoms with Crippen LogP contribution >= 0.6 is 11.8 Å². The van der Waals surface area contributed by atoms with E-state index in [4.69, 9.17) is 5.84 Å². The lowest BCUT2D eigenvalue weighted by atomic mass is 9.99. The van der Waals surface area contributed by atoms with Gasteiger partial charge in [-0.25, -0.2) is 4.68 Å². The fourth-order valence-corrected chi connectivity index (χ4v) is 2.70. The van der Waals surface area contributed by atoms with Gasteiger partial charge < -0.3 is 5.84 Å². The van der Waals surface area contributed by atoms with E-state index < -0.39 is 0 Å². The number of Topliss-reactive ketones (excluding diaryl/α,β-unsaturated/α-hetero) is 1. The van der Waals surface area contributed by atoms with Crippen molar-refractivity contribution >= 4 is 17.5 Å². The van der Waals surface area contributed by atoms with Crippen molar-refractivity contribution in [3.8, 4) is 0 Å². The molecule has 0 radical (unpaired) electrons. The Hall–Kier alpha value is -1.82. The third-order valence-electron chi connectivity index (χ3n) is 3.31. The highest BCUT2D eigenvalue weighted by molar-refractivity contribution is 7.99. The van der Waals surface area contributed by atoms with Gasteiger partial charge in [-0.3, -0.25) is 4.79 Å². The number of benzene rings is 1. The lowest BCUT2D eigenvalue weighted by Crippen LogP contribution is -2.13. The van der Waals surface area contributed by atoms with E-state index in [0.717, 1.165) is 16.7 Å². The van der Waals surface area contributed by atoms with Crippen LogP contribution in [0.4, 0.5) is 0 Å². The van der Waals surface area contributed by atoms with Crippen LogP contribution in [0.2, 0.25) is 0 Å². The van der Waals surface area contributed by atoms with Crippen molar-refractivity contribution in [3.05, 3.63) is 40.2 Å². The van der Waals surface area contributed by atoms with E-state index in [1.807, 2.05) is 32.9 Å². The van der Waals surface area contributed by atoms with Crippen LogP contribution in [0.1, 0.15) is 32.9 Å². The number of nitrogen functional groups attached to an aromatic ring is 1. The average molecular weight is 290 g/mol. The lowest BCUT2D eigenvalue weighted by molar-refractivity contribution is 0.102. The topological polar surface area (TPSA) is 73.8 Å². The highest BCUT2D eigenvalue weighted by atomic mass is 32.2. The predicted octanol–water partition coefficient (Wildman–Crippen LogP) is 2.20. The normalized spacial score (nSPS) is 10.8. The van der Waals surface area contributed by atoms with Gasteiger partial charge in [-0.1, -0.05) is 17.8 Å². The van der Waals surface area contributed by atoms with E-state index in [-0.39, 0.29) is 5.78 Å². The Balaban J connectivity index is 2.13. The Morgan fingerprint density at radius 2 is 1.80 bits per heavy atom. The lowest BCUT2D eigenvalue weighted by Gasteiger charge is -2.08. The predicted molar refractivity (Wildman–Crippen MR) is 80.6 cm³/mol. The van der Waals surface area contributed by atoms with Crippen LogP contribution in [-0.4, -0.2) is 26.4 Å². The smallest absolute Gasteiger partial charge is 0.210 e. The number of nitrogens with zero attached hydrogens (tertiary/aromatic N) is 3. The van der Waals surface area contributed by atoms with Gasteiger partial charge >= 0.3 is 0 Å². The molecule has 6 heteroatoms. The van der Waals surface area contributed by atoms with Crippen LogP contribution in [0.5, 0.6) is 0 Å². The Kier molecular flexibility index (Phi) is 4.13. The second-order valence-corrected chi connectivity index (χ2v) is 5.81. The monoisotopic (exact) mass is 290 g/mol. The molecule has 0 aliphatic heterocycles.